The summed E-state index contributed by atoms with van der Waals surface area (Å²) in [4.78, 5) is 0. The molecule has 1 saturated heterocycles. The van der Waals surface area contributed by atoms with Gasteiger partial charge in [0.1, 0.15) is 0 Å². The van der Waals surface area contributed by atoms with Gasteiger partial charge in [-0.15, -0.1) is 0 Å². The average molecular weight is 223 g/mol. The van der Waals surface area contributed by atoms with Crippen LogP contribution in [-0.2, 0) is 18.2 Å². The van der Waals surface area contributed by atoms with E-state index in [0.717, 1.165) is 26.2 Å². The monoisotopic (exact) mass is 223 g/mol. The first-order valence-corrected chi connectivity index (χ1v) is 6.08. The first-order valence-electron chi connectivity index (χ1n) is 6.08. The van der Waals surface area contributed by atoms with E-state index in [4.69, 9.17) is 4.74 Å². The van der Waals surface area contributed by atoms with Crippen LogP contribution in [0.25, 0.3) is 0 Å². The van der Waals surface area contributed by atoms with Crippen LogP contribution in [0.4, 0.5) is 0 Å². The van der Waals surface area contributed by atoms with Crippen LogP contribution in [-0.4, -0.2) is 35.6 Å². The number of rotatable bonds is 5. The molecule has 1 aliphatic heterocycles. The number of likely N-dealkylation sites (N-methyl/N-ethyl adjacent to an activating group) is 1. The maximum Gasteiger partial charge on any atom is 0.0522 e. The Morgan fingerprint density at radius 2 is 2.56 bits per heavy atom. The van der Waals surface area contributed by atoms with Crippen LogP contribution in [0.5, 0.6) is 0 Å². The molecule has 4 nitrogen and oxygen atoms in total. The minimum atomic E-state index is 0.525. The Bertz CT molecular complexity index is 318. The van der Waals surface area contributed by atoms with Crippen molar-refractivity contribution in [2.75, 3.05) is 19.8 Å². The smallest absolute Gasteiger partial charge is 0.0522 e. The molecule has 1 aromatic rings. The first kappa shape index (κ1) is 11.6. The zero-order valence-electron chi connectivity index (χ0n) is 10.1. The van der Waals surface area contributed by atoms with Gasteiger partial charge in [0.05, 0.1) is 12.8 Å². The van der Waals surface area contributed by atoms with E-state index in [1.807, 2.05) is 17.9 Å². The zero-order valence-corrected chi connectivity index (χ0v) is 10.1. The Kier molecular flexibility index (Phi) is 3.96. The van der Waals surface area contributed by atoms with E-state index in [2.05, 4.69) is 23.5 Å². The molecule has 2 unspecified atom stereocenters. The van der Waals surface area contributed by atoms with Crippen molar-refractivity contribution in [1.29, 1.82) is 0 Å². The number of aromatic nitrogens is 2. The van der Waals surface area contributed by atoms with Gasteiger partial charge in [-0.2, -0.15) is 5.10 Å². The quantitative estimate of drug-likeness (QED) is 0.808. The van der Waals surface area contributed by atoms with E-state index < -0.39 is 0 Å². The molecule has 0 amide bonds. The maximum atomic E-state index is 5.47. The van der Waals surface area contributed by atoms with Crippen LogP contribution in [0.2, 0.25) is 0 Å². The predicted molar refractivity (Wildman–Crippen MR) is 63.3 cm³/mol. The molecule has 0 bridgehead atoms. The van der Waals surface area contributed by atoms with Gasteiger partial charge in [-0.05, 0) is 24.9 Å². The van der Waals surface area contributed by atoms with Crippen molar-refractivity contribution in [1.82, 2.24) is 15.1 Å². The van der Waals surface area contributed by atoms with E-state index in [1.54, 1.807) is 0 Å². The molecule has 0 aliphatic carbocycles. The minimum absolute atomic E-state index is 0.525. The summed E-state index contributed by atoms with van der Waals surface area (Å²) in [5, 5.41) is 7.78. The standard InChI is InChI=1S/C12H21N3O/c1-3-13-12(11-4-5-16-9-11)6-10-7-14-15(2)8-10/h7-8,11-13H,3-6,9H2,1-2H3. The van der Waals surface area contributed by atoms with Crippen molar-refractivity contribution in [2.45, 2.75) is 25.8 Å². The largest absolute Gasteiger partial charge is 0.381 e. The van der Waals surface area contributed by atoms with Crippen LogP contribution < -0.4 is 5.32 Å². The zero-order chi connectivity index (χ0) is 11.4. The number of hydrogen-bond acceptors (Lipinski definition) is 3. The average Bonchev–Trinajstić information content (AvgIpc) is 2.88. The minimum Gasteiger partial charge on any atom is -0.381 e. The summed E-state index contributed by atoms with van der Waals surface area (Å²) in [6.07, 6.45) is 6.29. The number of hydrogen-bond donors (Lipinski definition) is 1. The third-order valence-electron chi connectivity index (χ3n) is 3.21. The SMILES string of the molecule is CCNC(Cc1cnn(C)c1)C1CCOC1. The Morgan fingerprint density at radius 3 is 3.12 bits per heavy atom. The van der Waals surface area contributed by atoms with Crippen molar-refractivity contribution in [2.24, 2.45) is 13.0 Å². The molecule has 1 aromatic heterocycles. The maximum absolute atomic E-state index is 5.47. The van der Waals surface area contributed by atoms with Crippen molar-refractivity contribution in [3.05, 3.63) is 18.0 Å². The second kappa shape index (κ2) is 5.46. The Morgan fingerprint density at radius 1 is 1.69 bits per heavy atom. The second-order valence-corrected chi connectivity index (χ2v) is 4.51. The lowest BCUT2D eigenvalue weighted by Crippen LogP contribution is -2.38. The van der Waals surface area contributed by atoms with Gasteiger partial charge < -0.3 is 10.1 Å². The lowest BCUT2D eigenvalue weighted by Gasteiger charge is -2.22. The van der Waals surface area contributed by atoms with Crippen LogP contribution in [0.1, 0.15) is 18.9 Å². The third-order valence-corrected chi connectivity index (χ3v) is 3.21. The highest BCUT2D eigenvalue weighted by molar-refractivity contribution is 5.07. The number of nitrogens with zero attached hydrogens (tertiary/aromatic N) is 2. The lowest BCUT2D eigenvalue weighted by molar-refractivity contribution is 0.176. The first-order chi connectivity index (χ1) is 7.79. The highest BCUT2D eigenvalue weighted by atomic mass is 16.5. The van der Waals surface area contributed by atoms with Gasteiger partial charge >= 0.3 is 0 Å². The van der Waals surface area contributed by atoms with Gasteiger partial charge in [-0.1, -0.05) is 6.92 Å². The van der Waals surface area contributed by atoms with Gasteiger partial charge in [0, 0.05) is 31.8 Å². The van der Waals surface area contributed by atoms with Crippen LogP contribution in [0.15, 0.2) is 12.4 Å². The molecule has 0 aromatic carbocycles. The van der Waals surface area contributed by atoms with Crippen molar-refractivity contribution in [3.8, 4) is 0 Å². The Hall–Kier alpha value is -0.870. The molecule has 90 valence electrons. The van der Waals surface area contributed by atoms with Crippen LogP contribution in [0.3, 0.4) is 0 Å². The molecule has 0 radical (unpaired) electrons. The summed E-state index contributed by atoms with van der Waals surface area (Å²) < 4.78 is 7.33. The third kappa shape index (κ3) is 2.83. The second-order valence-electron chi connectivity index (χ2n) is 4.51. The Labute approximate surface area is 97.0 Å². The van der Waals surface area contributed by atoms with Gasteiger partial charge in [0.2, 0.25) is 0 Å². The van der Waals surface area contributed by atoms with Crippen molar-refractivity contribution in [3.63, 3.8) is 0 Å². The van der Waals surface area contributed by atoms with Gasteiger partial charge in [-0.25, -0.2) is 0 Å². The van der Waals surface area contributed by atoms with E-state index in [1.165, 1.54) is 12.0 Å². The van der Waals surface area contributed by atoms with Gasteiger partial charge in [0.25, 0.3) is 0 Å². The van der Waals surface area contributed by atoms with Gasteiger partial charge in [0.15, 0.2) is 0 Å². The lowest BCUT2D eigenvalue weighted by atomic mass is 9.94. The van der Waals surface area contributed by atoms with Crippen LogP contribution >= 0.6 is 0 Å². The fraction of sp³-hybridized carbons (Fsp3) is 0.750. The van der Waals surface area contributed by atoms with E-state index >= 15 is 0 Å². The highest BCUT2D eigenvalue weighted by Gasteiger charge is 2.25. The molecule has 2 rings (SSSR count). The molecular formula is C12H21N3O. The summed E-state index contributed by atoms with van der Waals surface area (Å²) >= 11 is 0. The van der Waals surface area contributed by atoms with Gasteiger partial charge in [-0.3, -0.25) is 4.68 Å². The van der Waals surface area contributed by atoms with Crippen molar-refractivity contribution < 1.29 is 4.74 Å². The fourth-order valence-electron chi connectivity index (χ4n) is 2.37. The summed E-state index contributed by atoms with van der Waals surface area (Å²) in [5.74, 6) is 0.653. The Balaban J connectivity index is 1.96. The van der Waals surface area contributed by atoms with Crippen molar-refractivity contribution >= 4 is 0 Å². The predicted octanol–water partition coefficient (Wildman–Crippen LogP) is 0.977. The summed E-state index contributed by atoms with van der Waals surface area (Å²) in [6, 6.07) is 0.525. The molecule has 4 heteroatoms. The van der Waals surface area contributed by atoms with E-state index in [9.17, 15) is 0 Å². The number of nitrogens with one attached hydrogen (secondary N) is 1. The topological polar surface area (TPSA) is 39.1 Å². The molecule has 2 atom stereocenters. The number of aryl methyl sites for hydroxylation is 1. The summed E-state index contributed by atoms with van der Waals surface area (Å²) in [5.41, 5.74) is 1.31. The molecule has 0 saturated carbocycles. The molecule has 0 spiro atoms. The summed E-state index contributed by atoms with van der Waals surface area (Å²) in [6.45, 7) is 4.99. The van der Waals surface area contributed by atoms with Crippen LogP contribution in [0, 0.1) is 5.92 Å². The van der Waals surface area contributed by atoms with E-state index in [-0.39, 0.29) is 0 Å². The molecule has 2 heterocycles. The molecule has 1 aliphatic rings. The normalized spacial score (nSPS) is 22.5. The fourth-order valence-corrected chi connectivity index (χ4v) is 2.37. The molecular weight excluding hydrogens is 202 g/mol. The van der Waals surface area contributed by atoms with E-state index in [0.29, 0.717) is 12.0 Å². The molecule has 1 fully saturated rings. The molecule has 16 heavy (non-hydrogen) atoms. The molecule has 1 N–H and O–H groups in total. The number of ether oxygens (including phenoxy) is 1. The highest BCUT2D eigenvalue weighted by Crippen LogP contribution is 2.19. The summed E-state index contributed by atoms with van der Waals surface area (Å²) in [7, 11) is 1.96.